The standard InChI is InChI=1S/C26H36N2O6.C18H28O3.C10H12O3/c1-5-15-27(23(25(29)30)19-11-7-9-13-21(19)33-3)17-18-28(16-6-2)24(26(31)32)20-12-8-10-14-22(20)34-4;1-4-5-6-9-14(2)12-13-16(18(19)20)15-10-7-8-11-17(15)21-3;1-7(10(11)12)8-5-3-4-6-9(8)13-2/h7-14,23-24H,5-6,15-18H2,1-4H3,(H,29,30)(H,31,32);7-8,10-11,14,16H,4-6,9,12-13H2,1-3H3,(H,19,20);3-7H,1-2H3,(H,11,12). The van der Waals surface area contributed by atoms with Crippen LogP contribution in [0.4, 0.5) is 0 Å². The summed E-state index contributed by atoms with van der Waals surface area (Å²) in [6, 6.07) is 27.0. The van der Waals surface area contributed by atoms with Gasteiger partial charge in [0.15, 0.2) is 0 Å². The van der Waals surface area contributed by atoms with Crippen LogP contribution in [0.15, 0.2) is 97.1 Å². The maximum atomic E-state index is 12.4. The molecule has 0 radical (unpaired) electrons. The lowest BCUT2D eigenvalue weighted by atomic mass is 9.88. The number of ether oxygens (including phenoxy) is 4. The van der Waals surface area contributed by atoms with E-state index in [0.717, 1.165) is 24.8 Å². The number of carboxylic acid groups (broad SMARTS) is 4. The van der Waals surface area contributed by atoms with Crippen molar-refractivity contribution in [1.29, 1.82) is 0 Å². The molecule has 0 aliphatic carbocycles. The summed E-state index contributed by atoms with van der Waals surface area (Å²) in [6.45, 7) is 11.9. The van der Waals surface area contributed by atoms with E-state index >= 15 is 0 Å². The molecule has 0 amide bonds. The maximum absolute atomic E-state index is 12.4. The number of methoxy groups -OCH3 is 4. The molecule has 14 heteroatoms. The third kappa shape index (κ3) is 18.2. The molecule has 0 spiro atoms. The summed E-state index contributed by atoms with van der Waals surface area (Å²) in [5, 5.41) is 38.6. The number of carbonyl (C=O) groups is 4. The second-order valence-electron chi connectivity index (χ2n) is 16.7. The van der Waals surface area contributed by atoms with Crippen LogP contribution in [0.2, 0.25) is 0 Å². The smallest absolute Gasteiger partial charge is 0.325 e. The van der Waals surface area contributed by atoms with Crippen molar-refractivity contribution in [2.45, 2.75) is 110 Å². The molecule has 374 valence electrons. The molecule has 4 aromatic rings. The topological polar surface area (TPSA) is 193 Å². The summed E-state index contributed by atoms with van der Waals surface area (Å²) < 4.78 is 21.2. The second-order valence-corrected chi connectivity index (χ2v) is 16.7. The Balaban J connectivity index is 0.000000394. The van der Waals surface area contributed by atoms with Crippen LogP contribution in [0.1, 0.15) is 132 Å². The van der Waals surface area contributed by atoms with Crippen molar-refractivity contribution >= 4 is 23.9 Å². The number of aliphatic carboxylic acids is 4. The third-order valence-corrected chi connectivity index (χ3v) is 11.8. The average Bonchev–Trinajstić information content (AvgIpc) is 3.33. The first-order valence-electron chi connectivity index (χ1n) is 23.6. The number of carboxylic acids is 4. The van der Waals surface area contributed by atoms with Gasteiger partial charge in [0, 0.05) is 35.3 Å². The van der Waals surface area contributed by atoms with Crippen molar-refractivity contribution in [3.8, 4) is 23.0 Å². The molecule has 0 saturated heterocycles. The Morgan fingerprint density at radius 2 is 0.809 bits per heavy atom. The molecule has 4 N–H and O–H groups in total. The minimum atomic E-state index is -0.973. The lowest BCUT2D eigenvalue weighted by Crippen LogP contribution is -2.43. The van der Waals surface area contributed by atoms with Crippen LogP contribution in [0.5, 0.6) is 23.0 Å². The minimum Gasteiger partial charge on any atom is -0.496 e. The van der Waals surface area contributed by atoms with Crippen molar-refractivity contribution in [3.63, 3.8) is 0 Å². The number of rotatable bonds is 28. The highest BCUT2D eigenvalue weighted by Crippen LogP contribution is 2.34. The molecule has 5 atom stereocenters. The number of hydrogen-bond acceptors (Lipinski definition) is 10. The Labute approximate surface area is 403 Å². The lowest BCUT2D eigenvalue weighted by Gasteiger charge is -2.34. The van der Waals surface area contributed by atoms with E-state index < -0.39 is 47.8 Å². The highest BCUT2D eigenvalue weighted by molar-refractivity contribution is 5.78. The first-order chi connectivity index (χ1) is 32.6. The number of unbranched alkanes of at least 4 members (excludes halogenated alkanes) is 2. The minimum absolute atomic E-state index is 0.377. The highest BCUT2D eigenvalue weighted by atomic mass is 16.5. The van der Waals surface area contributed by atoms with E-state index in [4.69, 9.17) is 24.1 Å². The molecule has 0 aliphatic heterocycles. The molecule has 4 rings (SSSR count). The molecule has 0 bridgehead atoms. The summed E-state index contributed by atoms with van der Waals surface area (Å²) in [5.74, 6) is -1.67. The van der Waals surface area contributed by atoms with E-state index in [9.17, 15) is 34.5 Å². The fourth-order valence-corrected chi connectivity index (χ4v) is 8.19. The van der Waals surface area contributed by atoms with E-state index in [1.165, 1.54) is 47.0 Å². The van der Waals surface area contributed by atoms with Gasteiger partial charge in [0.2, 0.25) is 0 Å². The van der Waals surface area contributed by atoms with Crippen LogP contribution >= 0.6 is 0 Å². The van der Waals surface area contributed by atoms with E-state index in [1.807, 2.05) is 54.0 Å². The molecule has 68 heavy (non-hydrogen) atoms. The van der Waals surface area contributed by atoms with E-state index in [2.05, 4.69) is 13.8 Å². The molecular formula is C54H76N2O12. The van der Waals surface area contributed by atoms with E-state index in [1.54, 1.807) is 80.8 Å². The zero-order chi connectivity index (χ0) is 50.6. The van der Waals surface area contributed by atoms with Crippen molar-refractivity contribution in [1.82, 2.24) is 9.80 Å². The van der Waals surface area contributed by atoms with Crippen molar-refractivity contribution < 1.29 is 58.6 Å². The van der Waals surface area contributed by atoms with Gasteiger partial charge in [0.05, 0.1) is 40.3 Å². The predicted octanol–water partition coefficient (Wildman–Crippen LogP) is 10.8. The first-order valence-corrected chi connectivity index (χ1v) is 23.6. The van der Waals surface area contributed by atoms with Crippen LogP contribution in [0, 0.1) is 5.92 Å². The predicted molar refractivity (Wildman–Crippen MR) is 265 cm³/mol. The van der Waals surface area contributed by atoms with Gasteiger partial charge in [-0.15, -0.1) is 0 Å². The SMILES string of the molecule is CCCCCC(C)CCC(C(=O)O)c1ccccc1OC.CCCN(CCN(CCC)C(C(=O)O)c1ccccc1OC)C(C(=O)O)c1ccccc1OC.COc1ccccc1C(C)C(=O)O. The monoisotopic (exact) mass is 945 g/mol. The molecular weight excluding hydrogens is 869 g/mol. The van der Waals surface area contributed by atoms with Crippen molar-refractivity contribution in [2.75, 3.05) is 54.6 Å². The van der Waals surface area contributed by atoms with Crippen LogP contribution in [-0.4, -0.2) is 109 Å². The molecule has 0 aromatic heterocycles. The number of nitrogens with zero attached hydrogens (tertiary/aromatic N) is 2. The molecule has 4 aromatic carbocycles. The Hall–Kier alpha value is -6.12. The Morgan fingerprint density at radius 3 is 1.16 bits per heavy atom. The van der Waals surface area contributed by atoms with Crippen LogP contribution in [-0.2, 0) is 19.2 Å². The molecule has 0 saturated carbocycles. The van der Waals surface area contributed by atoms with E-state index in [0.29, 0.717) is 78.2 Å². The number of benzene rings is 4. The summed E-state index contributed by atoms with van der Waals surface area (Å²) in [7, 11) is 6.17. The summed E-state index contributed by atoms with van der Waals surface area (Å²) in [5.41, 5.74) is 2.64. The van der Waals surface area contributed by atoms with Gasteiger partial charge in [-0.2, -0.15) is 0 Å². The summed E-state index contributed by atoms with van der Waals surface area (Å²) in [6.07, 6.45) is 8.03. The second kappa shape index (κ2) is 31.8. The zero-order valence-electron chi connectivity index (χ0n) is 41.6. The van der Waals surface area contributed by atoms with Crippen LogP contribution in [0.3, 0.4) is 0 Å². The van der Waals surface area contributed by atoms with Gasteiger partial charge in [0.25, 0.3) is 0 Å². The molecule has 5 unspecified atom stereocenters. The van der Waals surface area contributed by atoms with E-state index in [-0.39, 0.29) is 0 Å². The van der Waals surface area contributed by atoms with Gasteiger partial charge in [-0.3, -0.25) is 29.0 Å². The van der Waals surface area contributed by atoms with Gasteiger partial charge in [0.1, 0.15) is 35.1 Å². The zero-order valence-corrected chi connectivity index (χ0v) is 41.6. The highest BCUT2D eigenvalue weighted by Gasteiger charge is 2.33. The van der Waals surface area contributed by atoms with Gasteiger partial charge in [-0.1, -0.05) is 126 Å². The third-order valence-electron chi connectivity index (χ3n) is 11.8. The fourth-order valence-electron chi connectivity index (χ4n) is 8.19. The van der Waals surface area contributed by atoms with Gasteiger partial charge in [-0.05, 0) is 75.9 Å². The average molecular weight is 945 g/mol. The fraction of sp³-hybridized carbons (Fsp3) is 0.481. The van der Waals surface area contributed by atoms with Gasteiger partial charge < -0.3 is 39.4 Å². The molecule has 0 heterocycles. The van der Waals surface area contributed by atoms with Crippen molar-refractivity contribution in [3.05, 3.63) is 119 Å². The van der Waals surface area contributed by atoms with Crippen LogP contribution in [0.25, 0.3) is 0 Å². The Morgan fingerprint density at radius 1 is 0.441 bits per heavy atom. The van der Waals surface area contributed by atoms with Gasteiger partial charge in [-0.25, -0.2) is 0 Å². The lowest BCUT2D eigenvalue weighted by molar-refractivity contribution is -0.146. The Kier molecular flexibility index (Phi) is 27.1. The summed E-state index contributed by atoms with van der Waals surface area (Å²) in [4.78, 5) is 50.8. The number of para-hydroxylation sites is 4. The normalized spacial score (nSPS) is 13.0. The number of hydrogen-bond donors (Lipinski definition) is 4. The quantitative estimate of drug-likeness (QED) is 0.0393. The largest absolute Gasteiger partial charge is 0.496 e. The maximum Gasteiger partial charge on any atom is 0.325 e. The Bertz CT molecular complexity index is 2040. The molecule has 0 fully saturated rings. The van der Waals surface area contributed by atoms with Gasteiger partial charge >= 0.3 is 23.9 Å². The van der Waals surface area contributed by atoms with Crippen LogP contribution < -0.4 is 18.9 Å². The molecule has 0 aliphatic rings. The molecule has 14 nitrogen and oxygen atoms in total. The first kappa shape index (κ1) is 58.0. The van der Waals surface area contributed by atoms with Crippen molar-refractivity contribution in [2.24, 2.45) is 5.92 Å². The summed E-state index contributed by atoms with van der Waals surface area (Å²) >= 11 is 0.